The standard InChI is InChI=1S/C13H25N3O3/c1-4-5-15-12(18)10-9-19-7-6-16(10)11(17)8-13(2,3)14/h10H,4-9,14H2,1-3H3,(H,15,18). The van der Waals surface area contributed by atoms with Crippen molar-refractivity contribution in [2.75, 3.05) is 26.3 Å². The molecule has 0 aliphatic carbocycles. The molecule has 0 radical (unpaired) electrons. The molecule has 0 aromatic rings. The van der Waals surface area contributed by atoms with Gasteiger partial charge < -0.3 is 20.7 Å². The Morgan fingerprint density at radius 3 is 2.74 bits per heavy atom. The fourth-order valence-corrected chi connectivity index (χ4v) is 1.98. The summed E-state index contributed by atoms with van der Waals surface area (Å²) in [5, 5.41) is 2.81. The summed E-state index contributed by atoms with van der Waals surface area (Å²) >= 11 is 0. The molecule has 3 N–H and O–H groups in total. The van der Waals surface area contributed by atoms with Crippen molar-refractivity contribution in [3.63, 3.8) is 0 Å². The molecule has 1 atom stereocenters. The number of morpholine rings is 1. The van der Waals surface area contributed by atoms with Crippen LogP contribution in [0.25, 0.3) is 0 Å². The van der Waals surface area contributed by atoms with Crippen molar-refractivity contribution in [1.82, 2.24) is 10.2 Å². The minimum Gasteiger partial charge on any atom is -0.377 e. The monoisotopic (exact) mass is 271 g/mol. The summed E-state index contributed by atoms with van der Waals surface area (Å²) in [5.41, 5.74) is 5.30. The van der Waals surface area contributed by atoms with Crippen molar-refractivity contribution >= 4 is 11.8 Å². The number of carbonyl (C=O) groups excluding carboxylic acids is 2. The SMILES string of the molecule is CCCNC(=O)C1COCCN1C(=O)CC(C)(C)N. The van der Waals surface area contributed by atoms with E-state index in [1.807, 2.05) is 6.92 Å². The molecule has 6 nitrogen and oxygen atoms in total. The largest absolute Gasteiger partial charge is 0.377 e. The van der Waals surface area contributed by atoms with Crippen LogP contribution in [0.3, 0.4) is 0 Å². The van der Waals surface area contributed by atoms with Crippen molar-refractivity contribution in [3.05, 3.63) is 0 Å². The van der Waals surface area contributed by atoms with E-state index in [0.717, 1.165) is 6.42 Å². The van der Waals surface area contributed by atoms with Gasteiger partial charge in [-0.15, -0.1) is 0 Å². The van der Waals surface area contributed by atoms with Gasteiger partial charge in [0.2, 0.25) is 11.8 Å². The van der Waals surface area contributed by atoms with Gasteiger partial charge in [-0.25, -0.2) is 0 Å². The van der Waals surface area contributed by atoms with Crippen molar-refractivity contribution in [2.45, 2.75) is 45.2 Å². The number of hydrogen-bond donors (Lipinski definition) is 2. The van der Waals surface area contributed by atoms with Crippen LogP contribution in [-0.4, -0.2) is 54.6 Å². The highest BCUT2D eigenvalue weighted by atomic mass is 16.5. The third kappa shape index (κ3) is 5.16. The number of rotatable bonds is 5. The molecule has 1 aliphatic rings. The predicted molar refractivity (Wildman–Crippen MR) is 72.5 cm³/mol. The summed E-state index contributed by atoms with van der Waals surface area (Å²) in [5.74, 6) is -0.239. The third-order valence-corrected chi connectivity index (χ3v) is 2.91. The van der Waals surface area contributed by atoms with Gasteiger partial charge in [0.05, 0.1) is 13.2 Å². The van der Waals surface area contributed by atoms with E-state index < -0.39 is 11.6 Å². The van der Waals surface area contributed by atoms with E-state index in [2.05, 4.69) is 5.32 Å². The Balaban J connectivity index is 2.66. The van der Waals surface area contributed by atoms with Crippen molar-refractivity contribution < 1.29 is 14.3 Å². The van der Waals surface area contributed by atoms with E-state index in [0.29, 0.717) is 19.7 Å². The van der Waals surface area contributed by atoms with Gasteiger partial charge in [-0.2, -0.15) is 0 Å². The molecule has 0 aromatic heterocycles. The molecule has 6 heteroatoms. The quantitative estimate of drug-likeness (QED) is 0.729. The molecule has 1 heterocycles. The molecule has 1 aliphatic heterocycles. The highest BCUT2D eigenvalue weighted by Crippen LogP contribution is 2.13. The summed E-state index contributed by atoms with van der Waals surface area (Å²) in [6.45, 7) is 7.37. The molecule has 19 heavy (non-hydrogen) atoms. The lowest BCUT2D eigenvalue weighted by molar-refractivity contribution is -0.149. The number of ether oxygens (including phenoxy) is 1. The zero-order chi connectivity index (χ0) is 14.5. The van der Waals surface area contributed by atoms with Crippen LogP contribution in [0.1, 0.15) is 33.6 Å². The fourth-order valence-electron chi connectivity index (χ4n) is 1.98. The molecule has 0 bridgehead atoms. The maximum atomic E-state index is 12.2. The Labute approximate surface area is 114 Å². The number of hydrogen-bond acceptors (Lipinski definition) is 4. The van der Waals surface area contributed by atoms with Gasteiger partial charge in [-0.3, -0.25) is 9.59 Å². The third-order valence-electron chi connectivity index (χ3n) is 2.91. The van der Waals surface area contributed by atoms with Crippen molar-refractivity contribution in [3.8, 4) is 0 Å². The lowest BCUT2D eigenvalue weighted by atomic mass is 10.0. The second-order valence-electron chi connectivity index (χ2n) is 5.63. The smallest absolute Gasteiger partial charge is 0.245 e. The maximum Gasteiger partial charge on any atom is 0.245 e. The van der Waals surface area contributed by atoms with Gasteiger partial charge in [-0.05, 0) is 20.3 Å². The first kappa shape index (κ1) is 15.9. The molecule has 0 spiro atoms. The summed E-state index contributed by atoms with van der Waals surface area (Å²) in [4.78, 5) is 25.8. The van der Waals surface area contributed by atoms with Crippen molar-refractivity contribution in [1.29, 1.82) is 0 Å². The molecule has 0 saturated carbocycles. The number of amides is 2. The predicted octanol–water partition coefficient (Wildman–Crippen LogP) is -0.133. The Morgan fingerprint density at radius 2 is 2.16 bits per heavy atom. The maximum absolute atomic E-state index is 12.2. The van der Waals surface area contributed by atoms with E-state index in [1.54, 1.807) is 18.7 Å². The van der Waals surface area contributed by atoms with E-state index in [-0.39, 0.29) is 24.8 Å². The molecule has 1 fully saturated rings. The van der Waals surface area contributed by atoms with E-state index in [9.17, 15) is 9.59 Å². The Morgan fingerprint density at radius 1 is 1.47 bits per heavy atom. The molecule has 2 amide bonds. The topological polar surface area (TPSA) is 84.7 Å². The van der Waals surface area contributed by atoms with Crippen LogP contribution in [0.2, 0.25) is 0 Å². The van der Waals surface area contributed by atoms with Crippen LogP contribution >= 0.6 is 0 Å². The fraction of sp³-hybridized carbons (Fsp3) is 0.846. The Bertz CT molecular complexity index is 326. The van der Waals surface area contributed by atoms with Crippen molar-refractivity contribution in [2.24, 2.45) is 5.73 Å². The van der Waals surface area contributed by atoms with Gasteiger partial charge in [0.1, 0.15) is 6.04 Å². The molecule has 1 rings (SSSR count). The molecule has 0 aromatic carbocycles. The average molecular weight is 271 g/mol. The first-order valence-corrected chi connectivity index (χ1v) is 6.79. The molecule has 1 saturated heterocycles. The van der Waals surface area contributed by atoms with Gasteiger partial charge in [0.25, 0.3) is 0 Å². The van der Waals surface area contributed by atoms with Crippen LogP contribution in [-0.2, 0) is 14.3 Å². The molecule has 1 unspecified atom stereocenters. The van der Waals surface area contributed by atoms with Gasteiger partial charge >= 0.3 is 0 Å². The molecular formula is C13H25N3O3. The normalized spacial score (nSPS) is 20.2. The second-order valence-corrected chi connectivity index (χ2v) is 5.63. The number of nitrogens with one attached hydrogen (secondary N) is 1. The summed E-state index contributed by atoms with van der Waals surface area (Å²) in [7, 11) is 0. The first-order chi connectivity index (χ1) is 8.85. The minimum absolute atomic E-state index is 0.0903. The van der Waals surface area contributed by atoms with E-state index >= 15 is 0 Å². The Hall–Kier alpha value is -1.14. The minimum atomic E-state index is -0.570. The lowest BCUT2D eigenvalue weighted by Crippen LogP contribution is -2.57. The zero-order valence-electron chi connectivity index (χ0n) is 12.1. The van der Waals surface area contributed by atoms with E-state index in [1.165, 1.54) is 0 Å². The van der Waals surface area contributed by atoms with Crippen LogP contribution in [0.15, 0.2) is 0 Å². The van der Waals surface area contributed by atoms with E-state index in [4.69, 9.17) is 10.5 Å². The summed E-state index contributed by atoms with van der Waals surface area (Å²) in [6.07, 6.45) is 1.09. The van der Waals surface area contributed by atoms with Gasteiger partial charge in [0, 0.05) is 25.0 Å². The van der Waals surface area contributed by atoms with Crippen LogP contribution in [0, 0.1) is 0 Å². The molecule has 110 valence electrons. The number of nitrogens with zero attached hydrogens (tertiary/aromatic N) is 1. The van der Waals surface area contributed by atoms with Gasteiger partial charge in [-0.1, -0.05) is 6.92 Å². The van der Waals surface area contributed by atoms with Gasteiger partial charge in [0.15, 0.2) is 0 Å². The van der Waals surface area contributed by atoms with Crippen LogP contribution < -0.4 is 11.1 Å². The molecular weight excluding hydrogens is 246 g/mol. The summed E-state index contributed by atoms with van der Waals surface area (Å²) in [6, 6.07) is -0.532. The highest BCUT2D eigenvalue weighted by Gasteiger charge is 2.34. The highest BCUT2D eigenvalue weighted by molar-refractivity contribution is 5.88. The van der Waals surface area contributed by atoms with Crippen LogP contribution in [0.4, 0.5) is 0 Å². The number of nitrogens with two attached hydrogens (primary N) is 1. The zero-order valence-corrected chi connectivity index (χ0v) is 12.1. The second kappa shape index (κ2) is 6.86. The number of carbonyl (C=O) groups is 2. The Kier molecular flexibility index (Phi) is 5.75. The van der Waals surface area contributed by atoms with Crippen LogP contribution in [0.5, 0.6) is 0 Å². The summed E-state index contributed by atoms with van der Waals surface area (Å²) < 4.78 is 5.31. The lowest BCUT2D eigenvalue weighted by Gasteiger charge is -2.36. The average Bonchev–Trinajstić information content (AvgIpc) is 2.34. The first-order valence-electron chi connectivity index (χ1n) is 6.79.